The minimum absolute atomic E-state index is 0.473. The third-order valence-electron chi connectivity index (χ3n) is 2.83. The average Bonchev–Trinajstić information content (AvgIpc) is 3.17. The Balaban J connectivity index is 1.66. The Kier molecular flexibility index (Phi) is 4.14. The molecule has 22 heavy (non-hydrogen) atoms. The van der Waals surface area contributed by atoms with Gasteiger partial charge in [0.05, 0.1) is 12.0 Å². The van der Waals surface area contributed by atoms with E-state index in [-0.39, 0.29) is 0 Å². The standard InChI is InChI=1S/C13H16N6O2S/c1-8(2)6-11-15-10(18-21-11)7-22-13-17-16-12(19(13)14)9-4-3-5-20-9/h3-5,8H,6-7,14H2,1-2H3. The zero-order chi connectivity index (χ0) is 15.5. The van der Waals surface area contributed by atoms with Gasteiger partial charge in [0.15, 0.2) is 11.6 Å². The van der Waals surface area contributed by atoms with Gasteiger partial charge in [-0.1, -0.05) is 30.8 Å². The van der Waals surface area contributed by atoms with Crippen LogP contribution in [0.1, 0.15) is 25.6 Å². The lowest BCUT2D eigenvalue weighted by Gasteiger charge is -2.00. The first kappa shape index (κ1) is 14.6. The lowest BCUT2D eigenvalue weighted by atomic mass is 10.1. The Labute approximate surface area is 131 Å². The summed E-state index contributed by atoms with van der Waals surface area (Å²) in [7, 11) is 0. The van der Waals surface area contributed by atoms with Crippen LogP contribution in [0.5, 0.6) is 0 Å². The van der Waals surface area contributed by atoms with E-state index < -0.39 is 0 Å². The maximum absolute atomic E-state index is 5.98. The van der Waals surface area contributed by atoms with Crippen LogP contribution >= 0.6 is 11.8 Å². The largest absolute Gasteiger partial charge is 0.461 e. The highest BCUT2D eigenvalue weighted by atomic mass is 32.2. The molecule has 0 fully saturated rings. The Morgan fingerprint density at radius 3 is 2.95 bits per heavy atom. The quantitative estimate of drug-likeness (QED) is 0.543. The lowest BCUT2D eigenvalue weighted by molar-refractivity contribution is 0.360. The van der Waals surface area contributed by atoms with E-state index in [1.54, 1.807) is 18.4 Å². The van der Waals surface area contributed by atoms with Gasteiger partial charge in [0.25, 0.3) is 0 Å². The molecule has 0 saturated carbocycles. The SMILES string of the molecule is CC(C)Cc1nc(CSc2nnc(-c3ccco3)n2N)no1. The van der Waals surface area contributed by atoms with Crippen molar-refractivity contribution >= 4 is 11.8 Å². The maximum Gasteiger partial charge on any atom is 0.226 e. The number of rotatable bonds is 6. The summed E-state index contributed by atoms with van der Waals surface area (Å²) in [6.07, 6.45) is 2.33. The van der Waals surface area contributed by atoms with E-state index in [1.165, 1.54) is 16.4 Å². The van der Waals surface area contributed by atoms with E-state index in [2.05, 4.69) is 34.2 Å². The molecule has 3 heterocycles. The van der Waals surface area contributed by atoms with Gasteiger partial charge in [-0.25, -0.2) is 4.68 Å². The number of nitrogen functional groups attached to an aromatic ring is 1. The Hall–Kier alpha value is -2.29. The van der Waals surface area contributed by atoms with E-state index >= 15 is 0 Å². The van der Waals surface area contributed by atoms with Crippen molar-refractivity contribution in [2.45, 2.75) is 31.2 Å². The van der Waals surface area contributed by atoms with Crippen LogP contribution in [0.3, 0.4) is 0 Å². The van der Waals surface area contributed by atoms with E-state index in [9.17, 15) is 0 Å². The fraction of sp³-hybridized carbons (Fsp3) is 0.385. The minimum atomic E-state index is 0.473. The van der Waals surface area contributed by atoms with Crippen molar-refractivity contribution in [1.29, 1.82) is 0 Å². The molecule has 0 bridgehead atoms. The number of thioether (sulfide) groups is 1. The molecule has 0 atom stereocenters. The topological polar surface area (TPSA) is 109 Å². The first-order valence-electron chi connectivity index (χ1n) is 6.82. The second-order valence-corrected chi connectivity index (χ2v) is 6.09. The highest BCUT2D eigenvalue weighted by Crippen LogP contribution is 2.23. The first-order valence-corrected chi connectivity index (χ1v) is 7.80. The molecule has 116 valence electrons. The summed E-state index contributed by atoms with van der Waals surface area (Å²) in [6.45, 7) is 4.21. The molecule has 0 aliphatic carbocycles. The van der Waals surface area contributed by atoms with E-state index in [0.29, 0.717) is 40.1 Å². The van der Waals surface area contributed by atoms with Crippen molar-refractivity contribution in [3.8, 4) is 11.6 Å². The lowest BCUT2D eigenvalue weighted by Crippen LogP contribution is -2.11. The van der Waals surface area contributed by atoms with Crippen LogP contribution in [0.4, 0.5) is 0 Å². The number of nitrogens with zero attached hydrogens (tertiary/aromatic N) is 5. The number of hydrogen-bond donors (Lipinski definition) is 1. The van der Waals surface area contributed by atoms with Crippen LogP contribution in [-0.4, -0.2) is 25.0 Å². The molecule has 0 aliphatic rings. The van der Waals surface area contributed by atoms with Crippen molar-refractivity contribution in [1.82, 2.24) is 25.0 Å². The molecule has 0 spiro atoms. The Bertz CT molecular complexity index is 734. The van der Waals surface area contributed by atoms with Crippen LogP contribution in [-0.2, 0) is 12.2 Å². The van der Waals surface area contributed by atoms with Gasteiger partial charge in [-0.15, -0.1) is 10.2 Å². The summed E-state index contributed by atoms with van der Waals surface area (Å²) in [5, 5.41) is 12.6. The second-order valence-electron chi connectivity index (χ2n) is 5.14. The molecule has 8 nitrogen and oxygen atoms in total. The molecular formula is C13H16N6O2S. The average molecular weight is 320 g/mol. The van der Waals surface area contributed by atoms with Gasteiger partial charge in [0, 0.05) is 6.42 Å². The molecule has 0 radical (unpaired) electrons. The van der Waals surface area contributed by atoms with Gasteiger partial charge in [-0.2, -0.15) is 4.98 Å². The molecule has 3 aromatic heterocycles. The second kappa shape index (κ2) is 6.22. The van der Waals surface area contributed by atoms with Crippen molar-refractivity contribution < 1.29 is 8.94 Å². The predicted molar refractivity (Wildman–Crippen MR) is 80.3 cm³/mol. The van der Waals surface area contributed by atoms with Crippen molar-refractivity contribution in [3.05, 3.63) is 30.1 Å². The van der Waals surface area contributed by atoms with Crippen molar-refractivity contribution in [3.63, 3.8) is 0 Å². The fourth-order valence-corrected chi connectivity index (χ4v) is 2.56. The van der Waals surface area contributed by atoms with Crippen molar-refractivity contribution in [2.75, 3.05) is 5.84 Å². The number of furan rings is 1. The molecule has 9 heteroatoms. The van der Waals surface area contributed by atoms with Gasteiger partial charge in [-0.3, -0.25) is 0 Å². The number of aromatic nitrogens is 5. The monoisotopic (exact) mass is 320 g/mol. The third kappa shape index (κ3) is 3.14. The molecule has 2 N–H and O–H groups in total. The van der Waals surface area contributed by atoms with Gasteiger partial charge in [-0.05, 0) is 18.1 Å². The predicted octanol–water partition coefficient (Wildman–Crippen LogP) is 2.13. The highest BCUT2D eigenvalue weighted by Gasteiger charge is 2.15. The molecule has 3 rings (SSSR count). The van der Waals surface area contributed by atoms with Gasteiger partial charge in [0.1, 0.15) is 0 Å². The van der Waals surface area contributed by atoms with Crippen molar-refractivity contribution in [2.24, 2.45) is 5.92 Å². The molecule has 0 aromatic carbocycles. The normalized spacial score (nSPS) is 11.4. The van der Waals surface area contributed by atoms with Gasteiger partial charge in [0.2, 0.25) is 16.9 Å². The highest BCUT2D eigenvalue weighted by molar-refractivity contribution is 7.98. The van der Waals surface area contributed by atoms with Crippen LogP contribution in [0, 0.1) is 5.92 Å². The summed E-state index contributed by atoms with van der Waals surface area (Å²) < 4.78 is 11.8. The summed E-state index contributed by atoms with van der Waals surface area (Å²) >= 11 is 1.39. The maximum atomic E-state index is 5.98. The summed E-state index contributed by atoms with van der Waals surface area (Å²) in [6, 6.07) is 3.55. The van der Waals surface area contributed by atoms with Gasteiger partial charge < -0.3 is 14.8 Å². The first-order chi connectivity index (χ1) is 10.6. The minimum Gasteiger partial charge on any atom is -0.461 e. The van der Waals surface area contributed by atoms with Gasteiger partial charge >= 0.3 is 0 Å². The van der Waals surface area contributed by atoms with E-state index in [0.717, 1.165) is 6.42 Å². The number of hydrogen-bond acceptors (Lipinski definition) is 8. The van der Waals surface area contributed by atoms with E-state index in [4.69, 9.17) is 14.8 Å². The number of nitrogens with two attached hydrogens (primary N) is 1. The fourth-order valence-electron chi connectivity index (χ4n) is 1.86. The van der Waals surface area contributed by atoms with Crippen LogP contribution in [0.2, 0.25) is 0 Å². The Morgan fingerprint density at radius 1 is 1.36 bits per heavy atom. The Morgan fingerprint density at radius 2 is 2.23 bits per heavy atom. The van der Waals surface area contributed by atoms with Crippen LogP contribution in [0.25, 0.3) is 11.6 Å². The summed E-state index contributed by atoms with van der Waals surface area (Å²) in [5.74, 6) is 9.27. The van der Waals surface area contributed by atoms with Crippen LogP contribution < -0.4 is 5.84 Å². The molecule has 0 amide bonds. The molecule has 0 saturated heterocycles. The molecule has 3 aromatic rings. The molecular weight excluding hydrogens is 304 g/mol. The van der Waals surface area contributed by atoms with Crippen LogP contribution in [0.15, 0.2) is 32.5 Å². The smallest absolute Gasteiger partial charge is 0.226 e. The van der Waals surface area contributed by atoms with E-state index in [1.807, 2.05) is 0 Å². The third-order valence-corrected chi connectivity index (χ3v) is 3.77. The summed E-state index contributed by atoms with van der Waals surface area (Å²) in [4.78, 5) is 4.34. The summed E-state index contributed by atoms with van der Waals surface area (Å²) in [5.41, 5.74) is 0. The zero-order valence-corrected chi connectivity index (χ0v) is 13.1. The molecule has 0 unspecified atom stereocenters. The zero-order valence-electron chi connectivity index (χ0n) is 12.3. The molecule has 0 aliphatic heterocycles.